The van der Waals surface area contributed by atoms with Crippen molar-refractivity contribution < 1.29 is 0 Å². The van der Waals surface area contributed by atoms with Crippen LogP contribution in [0, 0.1) is 11.3 Å². The molecule has 0 heterocycles. The van der Waals surface area contributed by atoms with E-state index in [9.17, 15) is 0 Å². The summed E-state index contributed by atoms with van der Waals surface area (Å²) in [5, 5.41) is 11.9. The molecule has 0 atom stereocenters. The summed E-state index contributed by atoms with van der Waals surface area (Å²) in [7, 11) is 0. The monoisotopic (exact) mass is 166 g/mol. The fourth-order valence-electron chi connectivity index (χ4n) is 1.93. The van der Waals surface area contributed by atoms with Crippen molar-refractivity contribution in [1.82, 2.24) is 5.32 Å². The van der Waals surface area contributed by atoms with Gasteiger partial charge in [0, 0.05) is 18.5 Å². The highest BCUT2D eigenvalue weighted by Crippen LogP contribution is 2.27. The average molecular weight is 166 g/mol. The maximum absolute atomic E-state index is 8.39. The SMILES string of the molecule is CC1(NCCC#N)CCCCC1. The minimum atomic E-state index is 0.328. The number of nitrogens with zero attached hydrogens (tertiary/aromatic N) is 1. The van der Waals surface area contributed by atoms with Gasteiger partial charge in [-0.15, -0.1) is 0 Å². The third-order valence-corrected chi connectivity index (χ3v) is 2.75. The van der Waals surface area contributed by atoms with Crippen LogP contribution in [-0.4, -0.2) is 12.1 Å². The van der Waals surface area contributed by atoms with Crippen LogP contribution in [0.25, 0.3) is 0 Å². The molecule has 1 rings (SSSR count). The van der Waals surface area contributed by atoms with Crippen LogP contribution in [0.5, 0.6) is 0 Å². The zero-order valence-electron chi connectivity index (χ0n) is 7.90. The Hall–Kier alpha value is -0.550. The van der Waals surface area contributed by atoms with Gasteiger partial charge in [-0.05, 0) is 19.8 Å². The molecule has 0 radical (unpaired) electrons. The van der Waals surface area contributed by atoms with E-state index in [1.807, 2.05) is 0 Å². The Morgan fingerprint density at radius 2 is 2.00 bits per heavy atom. The number of hydrogen-bond donors (Lipinski definition) is 1. The Labute approximate surface area is 75.0 Å². The van der Waals surface area contributed by atoms with E-state index in [-0.39, 0.29) is 0 Å². The van der Waals surface area contributed by atoms with E-state index in [1.165, 1.54) is 32.1 Å². The van der Waals surface area contributed by atoms with Gasteiger partial charge in [-0.2, -0.15) is 5.26 Å². The van der Waals surface area contributed by atoms with Crippen molar-refractivity contribution in [3.63, 3.8) is 0 Å². The van der Waals surface area contributed by atoms with Crippen molar-refractivity contribution in [3.8, 4) is 6.07 Å². The summed E-state index contributed by atoms with van der Waals surface area (Å²) in [6.07, 6.45) is 7.26. The van der Waals surface area contributed by atoms with Gasteiger partial charge in [-0.25, -0.2) is 0 Å². The maximum atomic E-state index is 8.39. The minimum absolute atomic E-state index is 0.328. The van der Waals surface area contributed by atoms with Gasteiger partial charge in [0.05, 0.1) is 6.07 Å². The topological polar surface area (TPSA) is 35.8 Å². The normalized spacial score (nSPS) is 21.7. The van der Waals surface area contributed by atoms with Gasteiger partial charge < -0.3 is 5.32 Å². The lowest BCUT2D eigenvalue weighted by molar-refractivity contribution is 0.257. The quantitative estimate of drug-likeness (QED) is 0.652. The number of nitrogens with one attached hydrogen (secondary N) is 1. The van der Waals surface area contributed by atoms with E-state index < -0.39 is 0 Å². The first-order valence-electron chi connectivity index (χ1n) is 4.89. The molecule has 1 fully saturated rings. The van der Waals surface area contributed by atoms with E-state index in [2.05, 4.69) is 18.3 Å². The molecule has 0 aromatic heterocycles. The van der Waals surface area contributed by atoms with E-state index in [1.54, 1.807) is 0 Å². The first-order chi connectivity index (χ1) is 5.77. The molecule has 0 unspecified atom stereocenters. The minimum Gasteiger partial charge on any atom is -0.310 e. The molecule has 2 nitrogen and oxygen atoms in total. The summed E-state index contributed by atoms with van der Waals surface area (Å²) in [5.41, 5.74) is 0.328. The van der Waals surface area contributed by atoms with Gasteiger partial charge in [0.1, 0.15) is 0 Å². The highest BCUT2D eigenvalue weighted by molar-refractivity contribution is 4.87. The summed E-state index contributed by atoms with van der Waals surface area (Å²) in [6.45, 7) is 3.14. The van der Waals surface area contributed by atoms with Gasteiger partial charge in [0.25, 0.3) is 0 Å². The highest BCUT2D eigenvalue weighted by atomic mass is 15.0. The summed E-state index contributed by atoms with van der Waals surface area (Å²) in [6, 6.07) is 2.16. The fraction of sp³-hybridized carbons (Fsp3) is 0.900. The Balaban J connectivity index is 2.23. The Morgan fingerprint density at radius 3 is 2.58 bits per heavy atom. The van der Waals surface area contributed by atoms with Crippen LogP contribution in [0.15, 0.2) is 0 Å². The van der Waals surface area contributed by atoms with Crippen LogP contribution in [0.1, 0.15) is 45.4 Å². The molecular weight excluding hydrogens is 148 g/mol. The molecule has 68 valence electrons. The smallest absolute Gasteiger partial charge is 0.0635 e. The molecule has 0 amide bonds. The molecule has 1 saturated carbocycles. The van der Waals surface area contributed by atoms with Gasteiger partial charge in [-0.1, -0.05) is 19.3 Å². The zero-order valence-corrected chi connectivity index (χ0v) is 7.90. The van der Waals surface area contributed by atoms with Crippen LogP contribution in [0.4, 0.5) is 0 Å². The third kappa shape index (κ3) is 2.83. The number of rotatable bonds is 3. The second-order valence-electron chi connectivity index (χ2n) is 3.96. The average Bonchev–Trinajstić information content (AvgIpc) is 2.06. The molecule has 0 spiro atoms. The summed E-state index contributed by atoms with van der Waals surface area (Å²) in [4.78, 5) is 0. The maximum Gasteiger partial charge on any atom is 0.0635 e. The lowest BCUT2D eigenvalue weighted by Crippen LogP contribution is -2.44. The molecule has 0 bridgehead atoms. The number of hydrogen-bond acceptors (Lipinski definition) is 2. The summed E-state index contributed by atoms with van der Waals surface area (Å²) in [5.74, 6) is 0. The second kappa shape index (κ2) is 4.47. The predicted molar refractivity (Wildman–Crippen MR) is 49.7 cm³/mol. The largest absolute Gasteiger partial charge is 0.310 e. The first-order valence-corrected chi connectivity index (χ1v) is 4.89. The van der Waals surface area contributed by atoms with Gasteiger partial charge in [0.2, 0.25) is 0 Å². The van der Waals surface area contributed by atoms with E-state index >= 15 is 0 Å². The van der Waals surface area contributed by atoms with E-state index in [4.69, 9.17) is 5.26 Å². The second-order valence-corrected chi connectivity index (χ2v) is 3.96. The molecule has 12 heavy (non-hydrogen) atoms. The standard InChI is InChI=1S/C10H18N2/c1-10(12-9-5-8-11)6-3-2-4-7-10/h12H,2-7,9H2,1H3. The van der Waals surface area contributed by atoms with Gasteiger partial charge in [0.15, 0.2) is 0 Å². The van der Waals surface area contributed by atoms with Crippen LogP contribution in [-0.2, 0) is 0 Å². The van der Waals surface area contributed by atoms with E-state index in [0.717, 1.165) is 6.54 Å². The lowest BCUT2D eigenvalue weighted by Gasteiger charge is -2.34. The Morgan fingerprint density at radius 1 is 1.33 bits per heavy atom. The van der Waals surface area contributed by atoms with Crippen molar-refractivity contribution in [2.24, 2.45) is 0 Å². The van der Waals surface area contributed by atoms with Crippen molar-refractivity contribution in [3.05, 3.63) is 0 Å². The highest BCUT2D eigenvalue weighted by Gasteiger charge is 2.25. The summed E-state index contributed by atoms with van der Waals surface area (Å²) >= 11 is 0. The predicted octanol–water partition coefficient (Wildman–Crippen LogP) is 2.21. The van der Waals surface area contributed by atoms with E-state index in [0.29, 0.717) is 12.0 Å². The molecule has 0 saturated heterocycles. The fourth-order valence-corrected chi connectivity index (χ4v) is 1.93. The van der Waals surface area contributed by atoms with Crippen LogP contribution >= 0.6 is 0 Å². The molecule has 2 heteroatoms. The van der Waals surface area contributed by atoms with Crippen LogP contribution in [0.3, 0.4) is 0 Å². The Bertz CT molecular complexity index is 163. The van der Waals surface area contributed by atoms with Gasteiger partial charge >= 0.3 is 0 Å². The molecule has 0 aliphatic heterocycles. The molecule has 0 aromatic rings. The van der Waals surface area contributed by atoms with Crippen LogP contribution in [0.2, 0.25) is 0 Å². The van der Waals surface area contributed by atoms with Gasteiger partial charge in [-0.3, -0.25) is 0 Å². The third-order valence-electron chi connectivity index (χ3n) is 2.75. The number of nitriles is 1. The van der Waals surface area contributed by atoms with Crippen molar-refractivity contribution in [2.45, 2.75) is 51.0 Å². The Kier molecular flexibility index (Phi) is 3.55. The molecule has 0 aromatic carbocycles. The molecular formula is C10H18N2. The molecule has 1 aliphatic carbocycles. The lowest BCUT2D eigenvalue weighted by atomic mass is 9.83. The molecule has 1 N–H and O–H groups in total. The summed E-state index contributed by atoms with van der Waals surface area (Å²) < 4.78 is 0. The first kappa shape index (κ1) is 9.54. The van der Waals surface area contributed by atoms with Crippen LogP contribution < -0.4 is 5.32 Å². The van der Waals surface area contributed by atoms with Crippen molar-refractivity contribution >= 4 is 0 Å². The van der Waals surface area contributed by atoms with Crippen molar-refractivity contribution in [1.29, 1.82) is 5.26 Å². The van der Waals surface area contributed by atoms with Crippen molar-refractivity contribution in [2.75, 3.05) is 6.54 Å². The zero-order chi connectivity index (χ0) is 8.86. The molecule has 1 aliphatic rings.